The molecule has 1 heterocycles. The molecule has 1 N–H and O–H groups in total. The van der Waals surface area contributed by atoms with Crippen molar-refractivity contribution in [2.24, 2.45) is 0 Å². The van der Waals surface area contributed by atoms with Gasteiger partial charge in [0.2, 0.25) is 6.79 Å². The first-order chi connectivity index (χ1) is 10.1. The van der Waals surface area contributed by atoms with Gasteiger partial charge in [0, 0.05) is 18.1 Å². The van der Waals surface area contributed by atoms with Crippen LogP contribution in [0.5, 0.6) is 11.5 Å². The van der Waals surface area contributed by atoms with E-state index in [0.29, 0.717) is 18.4 Å². The predicted octanol–water partition coefficient (Wildman–Crippen LogP) is 2.94. The third-order valence-corrected chi connectivity index (χ3v) is 5.12. The third-order valence-electron chi connectivity index (χ3n) is 5.12. The molecule has 1 aliphatic heterocycles. The smallest absolute Gasteiger partial charge is 0.231 e. The second-order valence-electron chi connectivity index (χ2n) is 6.54. The minimum absolute atomic E-state index is 0.317. The second-order valence-corrected chi connectivity index (χ2v) is 6.54. The van der Waals surface area contributed by atoms with Gasteiger partial charge in [0.05, 0.1) is 0 Å². The van der Waals surface area contributed by atoms with Gasteiger partial charge in [-0.3, -0.25) is 0 Å². The van der Waals surface area contributed by atoms with Crippen LogP contribution in [0.3, 0.4) is 0 Å². The Bertz CT molecular complexity index is 496. The van der Waals surface area contributed by atoms with E-state index >= 15 is 0 Å². The summed E-state index contributed by atoms with van der Waals surface area (Å²) in [6.45, 7) is 3.59. The Hall–Kier alpha value is -1.26. The second kappa shape index (κ2) is 5.85. The fraction of sp³-hybridized carbons (Fsp3) is 0.647. The summed E-state index contributed by atoms with van der Waals surface area (Å²) >= 11 is 0. The van der Waals surface area contributed by atoms with Gasteiger partial charge in [0.1, 0.15) is 0 Å². The first-order valence-electron chi connectivity index (χ1n) is 7.91. The van der Waals surface area contributed by atoms with Crippen molar-refractivity contribution in [2.45, 2.75) is 44.2 Å². The van der Waals surface area contributed by atoms with E-state index in [0.717, 1.165) is 18.0 Å². The summed E-state index contributed by atoms with van der Waals surface area (Å²) in [5, 5.41) is 3.72. The van der Waals surface area contributed by atoms with Crippen LogP contribution in [0.15, 0.2) is 18.2 Å². The van der Waals surface area contributed by atoms with Crippen molar-refractivity contribution in [3.8, 4) is 11.5 Å². The van der Waals surface area contributed by atoms with Crippen molar-refractivity contribution in [3.63, 3.8) is 0 Å². The Morgan fingerprint density at radius 3 is 2.62 bits per heavy atom. The van der Waals surface area contributed by atoms with Crippen LogP contribution in [0.4, 0.5) is 0 Å². The largest absolute Gasteiger partial charge is 0.454 e. The lowest BCUT2D eigenvalue weighted by Gasteiger charge is -2.37. The summed E-state index contributed by atoms with van der Waals surface area (Å²) < 4.78 is 10.8. The topological polar surface area (TPSA) is 33.7 Å². The first-order valence-corrected chi connectivity index (χ1v) is 7.91. The Morgan fingerprint density at radius 2 is 1.90 bits per heavy atom. The molecule has 2 aliphatic rings. The molecule has 1 fully saturated rings. The maximum absolute atomic E-state index is 5.47. The molecule has 1 atom stereocenters. The van der Waals surface area contributed by atoms with Crippen molar-refractivity contribution in [1.29, 1.82) is 0 Å². The fourth-order valence-corrected chi connectivity index (χ4v) is 3.46. The quantitative estimate of drug-likeness (QED) is 0.904. The van der Waals surface area contributed by atoms with Gasteiger partial charge in [0.25, 0.3) is 0 Å². The van der Waals surface area contributed by atoms with E-state index in [2.05, 4.69) is 43.4 Å². The lowest BCUT2D eigenvalue weighted by Crippen LogP contribution is -2.50. The lowest BCUT2D eigenvalue weighted by atomic mass is 9.95. The van der Waals surface area contributed by atoms with E-state index in [1.165, 1.54) is 31.2 Å². The number of likely N-dealkylation sites (N-methyl/N-ethyl adjacent to an activating group) is 1. The molecule has 1 aromatic carbocycles. The number of hydrogen-bond donors (Lipinski definition) is 1. The van der Waals surface area contributed by atoms with Crippen LogP contribution in [0.25, 0.3) is 0 Å². The Kier molecular flexibility index (Phi) is 4.09. The average Bonchev–Trinajstić information content (AvgIpc) is 3.13. The third kappa shape index (κ3) is 2.87. The molecule has 21 heavy (non-hydrogen) atoms. The van der Waals surface area contributed by atoms with Crippen molar-refractivity contribution in [2.75, 3.05) is 27.4 Å². The highest BCUT2D eigenvalue weighted by Crippen LogP contribution is 2.36. The van der Waals surface area contributed by atoms with E-state index in [-0.39, 0.29) is 0 Å². The molecule has 3 rings (SSSR count). The van der Waals surface area contributed by atoms with E-state index < -0.39 is 0 Å². The van der Waals surface area contributed by atoms with Crippen LogP contribution in [0.1, 0.15) is 44.2 Å². The molecule has 1 saturated carbocycles. The molecular formula is C17H26N2O2. The normalized spacial score (nSPS) is 21.0. The maximum atomic E-state index is 5.47. The lowest BCUT2D eigenvalue weighted by molar-refractivity contribution is 0.150. The summed E-state index contributed by atoms with van der Waals surface area (Å²) in [5.74, 6) is 1.72. The van der Waals surface area contributed by atoms with Crippen LogP contribution in [-0.2, 0) is 0 Å². The van der Waals surface area contributed by atoms with E-state index in [9.17, 15) is 0 Å². The van der Waals surface area contributed by atoms with Crippen LogP contribution in [-0.4, -0.2) is 37.9 Å². The molecule has 4 heteroatoms. The fourth-order valence-electron chi connectivity index (χ4n) is 3.46. The molecule has 0 radical (unpaired) electrons. The van der Waals surface area contributed by atoms with E-state index in [4.69, 9.17) is 9.47 Å². The zero-order valence-electron chi connectivity index (χ0n) is 13.3. The van der Waals surface area contributed by atoms with E-state index in [1.54, 1.807) is 0 Å². The summed E-state index contributed by atoms with van der Waals surface area (Å²) in [7, 11) is 4.41. The summed E-state index contributed by atoms with van der Waals surface area (Å²) in [5.41, 5.74) is 1.58. The van der Waals surface area contributed by atoms with Crippen LogP contribution in [0.2, 0.25) is 0 Å². The van der Waals surface area contributed by atoms with Crippen LogP contribution >= 0.6 is 0 Å². The number of hydrogen-bond acceptors (Lipinski definition) is 4. The van der Waals surface area contributed by atoms with Gasteiger partial charge in [-0.1, -0.05) is 18.9 Å². The van der Waals surface area contributed by atoms with Crippen LogP contribution in [0, 0.1) is 0 Å². The van der Waals surface area contributed by atoms with Gasteiger partial charge in [-0.25, -0.2) is 0 Å². The molecule has 0 aromatic heterocycles. The highest BCUT2D eigenvalue weighted by atomic mass is 16.7. The molecule has 0 spiro atoms. The van der Waals surface area contributed by atoms with Gasteiger partial charge >= 0.3 is 0 Å². The molecular weight excluding hydrogens is 264 g/mol. The monoisotopic (exact) mass is 290 g/mol. The Morgan fingerprint density at radius 1 is 1.19 bits per heavy atom. The summed E-state index contributed by atoms with van der Waals surface area (Å²) in [6.07, 6.45) is 5.28. The van der Waals surface area contributed by atoms with Gasteiger partial charge in [-0.05, 0) is 51.6 Å². The summed E-state index contributed by atoms with van der Waals surface area (Å²) in [6, 6.07) is 6.55. The number of nitrogens with zero attached hydrogens (tertiary/aromatic N) is 1. The zero-order chi connectivity index (χ0) is 14.9. The highest BCUT2D eigenvalue weighted by Gasteiger charge is 2.35. The minimum Gasteiger partial charge on any atom is -0.454 e. The van der Waals surface area contributed by atoms with E-state index in [1.807, 2.05) is 6.07 Å². The van der Waals surface area contributed by atoms with Gasteiger partial charge in [0.15, 0.2) is 11.5 Å². The van der Waals surface area contributed by atoms with Crippen molar-refractivity contribution in [1.82, 2.24) is 10.2 Å². The van der Waals surface area contributed by atoms with Crippen molar-refractivity contribution >= 4 is 0 Å². The molecule has 0 amide bonds. The molecule has 1 aromatic rings. The number of fused-ring (bicyclic) bond motifs is 1. The molecule has 116 valence electrons. The number of benzene rings is 1. The zero-order valence-corrected chi connectivity index (χ0v) is 13.3. The molecule has 0 bridgehead atoms. The Balaban J connectivity index is 1.65. The van der Waals surface area contributed by atoms with Crippen molar-refractivity contribution < 1.29 is 9.47 Å². The molecule has 0 saturated heterocycles. The molecule has 1 aliphatic carbocycles. The SMILES string of the molecule is CC(NCC1(N(C)C)CCCC1)c1ccc2c(c1)OCO2. The number of rotatable bonds is 5. The van der Waals surface area contributed by atoms with Gasteiger partial charge in [-0.2, -0.15) is 0 Å². The molecule has 4 nitrogen and oxygen atoms in total. The van der Waals surface area contributed by atoms with Crippen molar-refractivity contribution in [3.05, 3.63) is 23.8 Å². The number of ether oxygens (including phenoxy) is 2. The minimum atomic E-state index is 0.317. The standard InChI is InChI=1S/C17H26N2O2/c1-13(14-6-7-15-16(10-14)21-12-20-15)18-11-17(19(2)3)8-4-5-9-17/h6-7,10,13,18H,4-5,8-9,11-12H2,1-3H3. The molecule has 1 unspecified atom stereocenters. The maximum Gasteiger partial charge on any atom is 0.231 e. The summed E-state index contributed by atoms with van der Waals surface area (Å²) in [4.78, 5) is 2.40. The predicted molar refractivity (Wildman–Crippen MR) is 83.9 cm³/mol. The number of nitrogens with one attached hydrogen (secondary N) is 1. The van der Waals surface area contributed by atoms with Gasteiger partial charge < -0.3 is 19.7 Å². The van der Waals surface area contributed by atoms with Gasteiger partial charge in [-0.15, -0.1) is 0 Å². The Labute approximate surface area is 127 Å². The van der Waals surface area contributed by atoms with Crippen LogP contribution < -0.4 is 14.8 Å². The highest BCUT2D eigenvalue weighted by molar-refractivity contribution is 5.45. The average molecular weight is 290 g/mol. The first kappa shape index (κ1) is 14.7.